The molecule has 7 nitrogen and oxygen atoms in total. The van der Waals surface area contributed by atoms with Crippen LogP contribution in [0.5, 0.6) is 0 Å². The smallest absolute Gasteiger partial charge is 0.264 e. The summed E-state index contributed by atoms with van der Waals surface area (Å²) in [6, 6.07) is 19.9. The Kier molecular flexibility index (Phi) is 10.1. The van der Waals surface area contributed by atoms with Gasteiger partial charge in [0, 0.05) is 17.6 Å². The first-order valence-electron chi connectivity index (χ1n) is 14.1. The third kappa shape index (κ3) is 7.68. The van der Waals surface area contributed by atoms with Gasteiger partial charge in [0.1, 0.15) is 12.6 Å². The molecule has 4 rings (SSSR count). The molecule has 0 radical (unpaired) electrons. The van der Waals surface area contributed by atoms with E-state index in [-0.39, 0.29) is 23.4 Å². The van der Waals surface area contributed by atoms with Crippen molar-refractivity contribution in [2.45, 2.75) is 76.4 Å². The number of hydrogen-bond donors (Lipinski definition) is 1. The Labute approximate surface area is 248 Å². The lowest BCUT2D eigenvalue weighted by molar-refractivity contribution is -0.139. The third-order valence-corrected chi connectivity index (χ3v) is 9.65. The highest BCUT2D eigenvalue weighted by molar-refractivity contribution is 7.92. The van der Waals surface area contributed by atoms with E-state index in [9.17, 15) is 18.0 Å². The van der Waals surface area contributed by atoms with E-state index in [1.165, 1.54) is 17.0 Å². The highest BCUT2D eigenvalue weighted by Gasteiger charge is 2.33. The summed E-state index contributed by atoms with van der Waals surface area (Å²) in [6.07, 6.45) is 5.12. The third-order valence-electron chi connectivity index (χ3n) is 7.63. The molecular weight excluding hydrogens is 558 g/mol. The molecule has 0 spiro atoms. The molecule has 1 aliphatic rings. The van der Waals surface area contributed by atoms with Crippen molar-refractivity contribution in [3.8, 4) is 0 Å². The Balaban J connectivity index is 1.69. The van der Waals surface area contributed by atoms with Crippen LogP contribution in [0.25, 0.3) is 0 Å². The summed E-state index contributed by atoms with van der Waals surface area (Å²) >= 11 is 6.09. The number of aryl methyl sites for hydroxylation is 2. The Hall–Kier alpha value is -3.36. The minimum Gasteiger partial charge on any atom is -0.352 e. The lowest BCUT2D eigenvalue weighted by Gasteiger charge is -2.33. The first kappa shape index (κ1) is 30.6. The van der Waals surface area contributed by atoms with E-state index < -0.39 is 28.5 Å². The van der Waals surface area contributed by atoms with Gasteiger partial charge in [-0.2, -0.15) is 0 Å². The molecule has 1 fully saturated rings. The zero-order valence-corrected chi connectivity index (χ0v) is 25.4. The van der Waals surface area contributed by atoms with Crippen LogP contribution < -0.4 is 9.62 Å². The number of carbonyl (C=O) groups is 2. The zero-order chi connectivity index (χ0) is 29.6. The maximum Gasteiger partial charge on any atom is 0.264 e. The minimum atomic E-state index is -4.10. The van der Waals surface area contributed by atoms with Gasteiger partial charge in [-0.05, 0) is 80.6 Å². The molecule has 0 aliphatic heterocycles. The van der Waals surface area contributed by atoms with Crippen LogP contribution in [0.3, 0.4) is 0 Å². The fraction of sp³-hybridized carbons (Fsp3) is 0.375. The zero-order valence-electron chi connectivity index (χ0n) is 23.8. The van der Waals surface area contributed by atoms with Gasteiger partial charge < -0.3 is 10.2 Å². The molecule has 3 aromatic rings. The molecule has 0 heterocycles. The Morgan fingerprint density at radius 3 is 2.27 bits per heavy atom. The number of carbonyl (C=O) groups excluding carboxylic acids is 2. The van der Waals surface area contributed by atoms with Crippen molar-refractivity contribution in [1.82, 2.24) is 10.2 Å². The first-order valence-corrected chi connectivity index (χ1v) is 15.9. The molecule has 0 aromatic heterocycles. The summed E-state index contributed by atoms with van der Waals surface area (Å²) in [4.78, 5) is 29.1. The highest BCUT2D eigenvalue weighted by Crippen LogP contribution is 2.28. The van der Waals surface area contributed by atoms with Crippen LogP contribution in [0.2, 0.25) is 5.02 Å². The van der Waals surface area contributed by atoms with E-state index in [4.69, 9.17) is 11.6 Å². The largest absolute Gasteiger partial charge is 0.352 e. The summed E-state index contributed by atoms with van der Waals surface area (Å²) in [5.41, 5.74) is 2.79. The monoisotopic (exact) mass is 595 g/mol. The fourth-order valence-electron chi connectivity index (χ4n) is 5.16. The molecule has 1 saturated carbocycles. The molecule has 1 N–H and O–H groups in total. The van der Waals surface area contributed by atoms with Crippen LogP contribution in [-0.2, 0) is 26.2 Å². The summed E-state index contributed by atoms with van der Waals surface area (Å²) in [6.45, 7) is 5.05. The Morgan fingerprint density at radius 1 is 0.951 bits per heavy atom. The number of rotatable bonds is 10. The van der Waals surface area contributed by atoms with Crippen molar-refractivity contribution >= 4 is 39.1 Å². The summed E-state index contributed by atoms with van der Waals surface area (Å²) in [7, 11) is -4.10. The molecule has 9 heteroatoms. The molecule has 0 bridgehead atoms. The van der Waals surface area contributed by atoms with Crippen molar-refractivity contribution < 1.29 is 18.0 Å². The second-order valence-corrected chi connectivity index (χ2v) is 13.1. The predicted molar refractivity (Wildman–Crippen MR) is 163 cm³/mol. The van der Waals surface area contributed by atoms with E-state index >= 15 is 0 Å². The average molecular weight is 596 g/mol. The van der Waals surface area contributed by atoms with Crippen LogP contribution in [0, 0.1) is 13.8 Å². The van der Waals surface area contributed by atoms with Crippen molar-refractivity contribution in [3.05, 3.63) is 94.5 Å². The van der Waals surface area contributed by atoms with Crippen molar-refractivity contribution in [2.24, 2.45) is 0 Å². The van der Waals surface area contributed by atoms with E-state index in [1.807, 2.05) is 26.0 Å². The maximum absolute atomic E-state index is 14.1. The second kappa shape index (κ2) is 13.5. The molecule has 2 amide bonds. The molecule has 0 unspecified atom stereocenters. The summed E-state index contributed by atoms with van der Waals surface area (Å²) in [5.74, 6) is -0.727. The van der Waals surface area contributed by atoms with Crippen LogP contribution in [0.4, 0.5) is 5.69 Å². The predicted octanol–water partition coefficient (Wildman–Crippen LogP) is 6.02. The van der Waals surface area contributed by atoms with E-state index in [1.54, 1.807) is 55.5 Å². The second-order valence-electron chi connectivity index (χ2n) is 10.8. The van der Waals surface area contributed by atoms with Gasteiger partial charge in [0.05, 0.1) is 10.6 Å². The van der Waals surface area contributed by atoms with Gasteiger partial charge in [0.25, 0.3) is 10.0 Å². The minimum absolute atomic E-state index is 0.0797. The van der Waals surface area contributed by atoms with Gasteiger partial charge in [0.15, 0.2) is 0 Å². The molecule has 1 atom stereocenters. The summed E-state index contributed by atoms with van der Waals surface area (Å²) in [5, 5.41) is 3.68. The molecular formula is C32H38ClN3O4S. The quantitative estimate of drug-likeness (QED) is 0.311. The van der Waals surface area contributed by atoms with Crippen LogP contribution in [0.1, 0.15) is 55.7 Å². The van der Waals surface area contributed by atoms with E-state index in [0.29, 0.717) is 10.7 Å². The lowest BCUT2D eigenvalue weighted by atomic mass is 9.95. The Morgan fingerprint density at radius 2 is 1.61 bits per heavy atom. The molecule has 41 heavy (non-hydrogen) atoms. The lowest BCUT2D eigenvalue weighted by Crippen LogP contribution is -2.53. The van der Waals surface area contributed by atoms with Gasteiger partial charge in [-0.25, -0.2) is 8.42 Å². The Bertz CT molecular complexity index is 1460. The van der Waals surface area contributed by atoms with E-state index in [0.717, 1.165) is 53.1 Å². The van der Waals surface area contributed by atoms with Gasteiger partial charge in [-0.1, -0.05) is 73.3 Å². The number of anilines is 1. The van der Waals surface area contributed by atoms with Crippen molar-refractivity contribution in [1.29, 1.82) is 0 Å². The molecule has 0 saturated heterocycles. The van der Waals surface area contributed by atoms with E-state index in [2.05, 4.69) is 5.32 Å². The summed E-state index contributed by atoms with van der Waals surface area (Å²) < 4.78 is 29.1. The standard InChI is InChI=1S/C32H38ClN3O4S/c1-23-14-15-24(2)30(20-23)36(41(39,40)29-12-8-5-9-13-29)22-31(37)35(21-26-16-18-27(33)19-17-26)25(3)32(38)34-28-10-6-4-7-11-28/h5,8-9,12-20,25,28H,4,6-7,10-11,21-22H2,1-3H3,(H,34,38)/t25-/m0/s1. The van der Waals surface area contributed by atoms with Crippen molar-refractivity contribution in [3.63, 3.8) is 0 Å². The number of halogens is 1. The van der Waals surface area contributed by atoms with Gasteiger partial charge in [0.2, 0.25) is 11.8 Å². The van der Waals surface area contributed by atoms with Gasteiger partial charge >= 0.3 is 0 Å². The SMILES string of the molecule is Cc1ccc(C)c(N(CC(=O)N(Cc2ccc(Cl)cc2)[C@@H](C)C(=O)NC2CCCCC2)S(=O)(=O)c2ccccc2)c1. The van der Waals surface area contributed by atoms with Crippen LogP contribution >= 0.6 is 11.6 Å². The van der Waals surface area contributed by atoms with Crippen LogP contribution in [-0.4, -0.2) is 43.8 Å². The van der Waals surface area contributed by atoms with Gasteiger partial charge in [-0.3, -0.25) is 13.9 Å². The fourth-order valence-corrected chi connectivity index (χ4v) is 6.78. The van der Waals surface area contributed by atoms with Crippen molar-refractivity contribution in [2.75, 3.05) is 10.8 Å². The number of sulfonamides is 1. The maximum atomic E-state index is 14.1. The van der Waals surface area contributed by atoms with Crippen LogP contribution in [0.15, 0.2) is 77.7 Å². The first-order chi connectivity index (χ1) is 19.6. The average Bonchev–Trinajstić information content (AvgIpc) is 2.97. The number of benzene rings is 3. The van der Waals surface area contributed by atoms with Gasteiger partial charge in [-0.15, -0.1) is 0 Å². The number of nitrogens with one attached hydrogen (secondary N) is 1. The topological polar surface area (TPSA) is 86.8 Å². The normalized spacial score (nSPS) is 14.7. The highest BCUT2D eigenvalue weighted by atomic mass is 35.5. The molecule has 218 valence electrons. The number of amides is 2. The number of nitrogens with zero attached hydrogens (tertiary/aromatic N) is 2. The number of hydrogen-bond acceptors (Lipinski definition) is 4. The molecule has 1 aliphatic carbocycles. The molecule has 3 aromatic carbocycles.